The third-order valence-electron chi connectivity index (χ3n) is 4.00. The van der Waals surface area contributed by atoms with Crippen LogP contribution in [-0.4, -0.2) is 62.6 Å². The number of nitrogens with one attached hydrogen (secondary N) is 3. The van der Waals surface area contributed by atoms with Crippen LogP contribution in [0.5, 0.6) is 0 Å². The molecule has 0 bridgehead atoms. The van der Waals surface area contributed by atoms with Crippen LogP contribution in [-0.2, 0) is 4.79 Å². The first kappa shape index (κ1) is 26.7. The molecule has 0 heterocycles. The Morgan fingerprint density at radius 1 is 1.12 bits per heavy atom. The second-order valence-electron chi connectivity index (χ2n) is 7.22. The van der Waals surface area contributed by atoms with Gasteiger partial charge in [-0.25, -0.2) is 0 Å². The number of rotatable bonds is 10. The highest BCUT2D eigenvalue weighted by Gasteiger charge is 2.20. The zero-order valence-corrected chi connectivity index (χ0v) is 19.6. The lowest BCUT2D eigenvalue weighted by Gasteiger charge is -2.21. The first-order chi connectivity index (χ1) is 11.2. The summed E-state index contributed by atoms with van der Waals surface area (Å²) in [5, 5.41) is 9.57. The van der Waals surface area contributed by atoms with Gasteiger partial charge in [0.1, 0.15) is 0 Å². The van der Waals surface area contributed by atoms with Crippen molar-refractivity contribution in [3.05, 3.63) is 0 Å². The van der Waals surface area contributed by atoms with Crippen molar-refractivity contribution >= 4 is 35.8 Å². The molecule has 1 unspecified atom stereocenters. The maximum Gasteiger partial charge on any atom is 0.225 e. The van der Waals surface area contributed by atoms with E-state index in [2.05, 4.69) is 46.6 Å². The molecule has 0 aromatic heterocycles. The number of halogens is 1. The number of guanidine groups is 1. The van der Waals surface area contributed by atoms with E-state index in [-0.39, 0.29) is 35.3 Å². The highest BCUT2D eigenvalue weighted by Crippen LogP contribution is 2.11. The van der Waals surface area contributed by atoms with Crippen molar-refractivity contribution < 1.29 is 4.79 Å². The van der Waals surface area contributed by atoms with Gasteiger partial charge in [0.2, 0.25) is 5.91 Å². The standard InChI is InChI=1S/C18H39N5O.HI/c1-8-23(9-2)14-10-11-15(3)22-17(19-7)21-13-12-20-16(24)18(4,5)6;/h15H,8-14H2,1-7H3,(H,20,24)(H2,19,21,22);1H. The maximum atomic E-state index is 11.8. The summed E-state index contributed by atoms with van der Waals surface area (Å²) in [6, 6.07) is 0.371. The van der Waals surface area contributed by atoms with E-state index in [9.17, 15) is 4.79 Å². The summed E-state index contributed by atoms with van der Waals surface area (Å²) in [6.45, 7) is 16.9. The van der Waals surface area contributed by atoms with Crippen LogP contribution in [0.3, 0.4) is 0 Å². The predicted molar refractivity (Wildman–Crippen MR) is 119 cm³/mol. The number of carbonyl (C=O) groups excluding carboxylic acids is 1. The monoisotopic (exact) mass is 469 g/mol. The molecule has 0 aliphatic rings. The molecule has 25 heavy (non-hydrogen) atoms. The van der Waals surface area contributed by atoms with Crippen molar-refractivity contribution in [3.8, 4) is 0 Å². The number of hydrogen-bond acceptors (Lipinski definition) is 3. The van der Waals surface area contributed by atoms with E-state index in [1.165, 1.54) is 6.42 Å². The van der Waals surface area contributed by atoms with E-state index >= 15 is 0 Å². The molecule has 0 aromatic carbocycles. The lowest BCUT2D eigenvalue weighted by Crippen LogP contribution is -2.46. The van der Waals surface area contributed by atoms with Crippen molar-refractivity contribution in [2.45, 2.75) is 60.4 Å². The number of aliphatic imine (C=N–C) groups is 1. The fourth-order valence-electron chi connectivity index (χ4n) is 2.28. The Hall–Kier alpha value is -0.570. The van der Waals surface area contributed by atoms with Gasteiger partial charge in [-0.3, -0.25) is 9.79 Å². The lowest BCUT2D eigenvalue weighted by atomic mass is 9.96. The Bertz CT molecular complexity index is 378. The molecule has 0 saturated carbocycles. The molecule has 1 atom stereocenters. The summed E-state index contributed by atoms with van der Waals surface area (Å²) in [5.41, 5.74) is -0.348. The first-order valence-corrected chi connectivity index (χ1v) is 9.22. The quantitative estimate of drug-likeness (QED) is 0.199. The predicted octanol–water partition coefficient (Wildman–Crippen LogP) is 2.44. The van der Waals surface area contributed by atoms with Crippen LogP contribution in [0, 0.1) is 5.41 Å². The summed E-state index contributed by atoms with van der Waals surface area (Å²) in [6.07, 6.45) is 2.28. The molecule has 150 valence electrons. The molecule has 0 aliphatic carbocycles. The van der Waals surface area contributed by atoms with Gasteiger partial charge in [0, 0.05) is 31.6 Å². The Balaban J connectivity index is 0. The number of amides is 1. The van der Waals surface area contributed by atoms with Crippen LogP contribution >= 0.6 is 24.0 Å². The molecule has 0 fully saturated rings. The van der Waals surface area contributed by atoms with Crippen LogP contribution in [0.4, 0.5) is 0 Å². The van der Waals surface area contributed by atoms with E-state index < -0.39 is 0 Å². The largest absolute Gasteiger partial charge is 0.355 e. The Morgan fingerprint density at radius 3 is 2.16 bits per heavy atom. The van der Waals surface area contributed by atoms with Gasteiger partial charge in [-0.2, -0.15) is 0 Å². The van der Waals surface area contributed by atoms with Gasteiger partial charge in [-0.15, -0.1) is 24.0 Å². The van der Waals surface area contributed by atoms with Crippen molar-refractivity contribution in [3.63, 3.8) is 0 Å². The van der Waals surface area contributed by atoms with E-state index in [0.717, 1.165) is 32.0 Å². The van der Waals surface area contributed by atoms with Crippen LogP contribution in [0.1, 0.15) is 54.4 Å². The zero-order valence-electron chi connectivity index (χ0n) is 17.2. The minimum atomic E-state index is -0.348. The van der Waals surface area contributed by atoms with E-state index in [0.29, 0.717) is 19.1 Å². The second-order valence-corrected chi connectivity index (χ2v) is 7.22. The molecule has 7 heteroatoms. The molecular formula is C18H40IN5O. The molecule has 0 aromatic rings. The lowest BCUT2D eigenvalue weighted by molar-refractivity contribution is -0.128. The van der Waals surface area contributed by atoms with Crippen LogP contribution in [0.2, 0.25) is 0 Å². The average molecular weight is 469 g/mol. The summed E-state index contributed by atoms with van der Waals surface area (Å²) >= 11 is 0. The summed E-state index contributed by atoms with van der Waals surface area (Å²) in [5.74, 6) is 0.854. The van der Waals surface area contributed by atoms with Crippen molar-refractivity contribution in [1.29, 1.82) is 0 Å². The topological polar surface area (TPSA) is 68.8 Å². The van der Waals surface area contributed by atoms with Crippen LogP contribution in [0.25, 0.3) is 0 Å². The minimum absolute atomic E-state index is 0. The molecule has 3 N–H and O–H groups in total. The fourth-order valence-corrected chi connectivity index (χ4v) is 2.28. The first-order valence-electron chi connectivity index (χ1n) is 9.22. The molecule has 0 saturated heterocycles. The van der Waals surface area contributed by atoms with Gasteiger partial charge in [0.15, 0.2) is 5.96 Å². The fraction of sp³-hybridized carbons (Fsp3) is 0.889. The van der Waals surface area contributed by atoms with Crippen molar-refractivity contribution in [2.24, 2.45) is 10.4 Å². The number of carbonyl (C=O) groups is 1. The SMILES string of the molecule is CCN(CC)CCCC(C)NC(=NC)NCCNC(=O)C(C)(C)C.I. The summed E-state index contributed by atoms with van der Waals surface area (Å²) in [4.78, 5) is 18.5. The third-order valence-corrected chi connectivity index (χ3v) is 4.00. The van der Waals surface area contributed by atoms with Crippen LogP contribution < -0.4 is 16.0 Å². The Kier molecular flexibility index (Phi) is 15.6. The minimum Gasteiger partial charge on any atom is -0.355 e. The molecule has 6 nitrogen and oxygen atoms in total. The van der Waals surface area contributed by atoms with Gasteiger partial charge in [0.05, 0.1) is 0 Å². The summed E-state index contributed by atoms with van der Waals surface area (Å²) < 4.78 is 0. The van der Waals surface area contributed by atoms with E-state index in [1.54, 1.807) is 7.05 Å². The average Bonchev–Trinajstić information content (AvgIpc) is 2.53. The molecule has 0 aliphatic heterocycles. The normalized spacial score (nSPS) is 13.2. The highest BCUT2D eigenvalue weighted by atomic mass is 127. The van der Waals surface area contributed by atoms with E-state index in [4.69, 9.17) is 0 Å². The molecular weight excluding hydrogens is 429 g/mol. The molecule has 0 radical (unpaired) electrons. The Morgan fingerprint density at radius 2 is 1.68 bits per heavy atom. The summed E-state index contributed by atoms with van der Waals surface area (Å²) in [7, 11) is 1.77. The molecule has 0 spiro atoms. The molecule has 0 rings (SSSR count). The van der Waals surface area contributed by atoms with Gasteiger partial charge >= 0.3 is 0 Å². The van der Waals surface area contributed by atoms with Gasteiger partial charge in [-0.05, 0) is 39.4 Å². The highest BCUT2D eigenvalue weighted by molar-refractivity contribution is 14.0. The third kappa shape index (κ3) is 13.3. The number of nitrogens with zero attached hydrogens (tertiary/aromatic N) is 2. The van der Waals surface area contributed by atoms with Crippen molar-refractivity contribution in [2.75, 3.05) is 39.8 Å². The van der Waals surface area contributed by atoms with Crippen LogP contribution in [0.15, 0.2) is 4.99 Å². The smallest absolute Gasteiger partial charge is 0.225 e. The second kappa shape index (κ2) is 14.6. The van der Waals surface area contributed by atoms with E-state index in [1.807, 2.05) is 20.8 Å². The maximum absolute atomic E-state index is 11.8. The number of hydrogen-bond donors (Lipinski definition) is 3. The van der Waals surface area contributed by atoms with Gasteiger partial charge in [0.25, 0.3) is 0 Å². The molecule has 1 amide bonds. The van der Waals surface area contributed by atoms with Gasteiger partial charge < -0.3 is 20.9 Å². The Labute approximate surface area is 172 Å². The van der Waals surface area contributed by atoms with Gasteiger partial charge in [-0.1, -0.05) is 34.6 Å². The zero-order chi connectivity index (χ0) is 18.6. The van der Waals surface area contributed by atoms with Crippen molar-refractivity contribution in [1.82, 2.24) is 20.9 Å².